The van der Waals surface area contributed by atoms with Crippen LogP contribution in [-0.2, 0) is 23.9 Å². The number of amides is 5. The summed E-state index contributed by atoms with van der Waals surface area (Å²) in [5, 5.41) is 2.74. The summed E-state index contributed by atoms with van der Waals surface area (Å²) in [5.41, 5.74) is 1.00. The Kier molecular flexibility index (Phi) is 5.30. The summed E-state index contributed by atoms with van der Waals surface area (Å²) in [6.07, 6.45) is 0.0947. The van der Waals surface area contributed by atoms with Crippen LogP contribution >= 0.6 is 0 Å². The molecular formula is C18H20N4O6. The number of carbonyl (C=O) groups is 5. The largest absolute Gasteiger partial charge is 0.454 e. The summed E-state index contributed by atoms with van der Waals surface area (Å²) < 4.78 is 4.98. The van der Waals surface area contributed by atoms with Crippen molar-refractivity contribution in [1.82, 2.24) is 9.80 Å². The fourth-order valence-electron chi connectivity index (χ4n) is 3.18. The monoisotopic (exact) mass is 388 g/mol. The Labute approximate surface area is 161 Å². The fourth-order valence-corrected chi connectivity index (χ4v) is 3.18. The minimum absolute atomic E-state index is 0.0947. The molecule has 0 radical (unpaired) electrons. The predicted octanol–water partition coefficient (Wildman–Crippen LogP) is 0.188. The van der Waals surface area contributed by atoms with Gasteiger partial charge in [0.2, 0.25) is 5.91 Å². The first-order valence-electron chi connectivity index (χ1n) is 8.70. The quantitative estimate of drug-likeness (QED) is 0.581. The minimum Gasteiger partial charge on any atom is -0.454 e. The lowest BCUT2D eigenvalue weighted by atomic mass is 10.1. The second-order valence-electron chi connectivity index (χ2n) is 6.66. The number of nitrogens with one attached hydrogen (secondary N) is 1. The van der Waals surface area contributed by atoms with Crippen molar-refractivity contribution in [2.45, 2.75) is 19.4 Å². The number of benzene rings is 1. The predicted molar refractivity (Wildman–Crippen MR) is 97.3 cm³/mol. The molecule has 0 spiro atoms. The van der Waals surface area contributed by atoms with Gasteiger partial charge in [0.25, 0.3) is 11.8 Å². The van der Waals surface area contributed by atoms with E-state index in [1.807, 2.05) is 0 Å². The van der Waals surface area contributed by atoms with Crippen LogP contribution in [0.5, 0.6) is 0 Å². The first-order chi connectivity index (χ1) is 13.3. The standard InChI is InChI=1S/C18H20N4O6/c1-11-7-14(23)19-12-5-3-4-6-13(12)22(11)16(25)10-28-17(26)9-21-15(24)8-20(2)18(21)27/h3-6,11H,7-10H2,1-2H3,(H,19,23)/t11-/m0/s1. The van der Waals surface area contributed by atoms with Crippen molar-refractivity contribution in [3.63, 3.8) is 0 Å². The van der Waals surface area contributed by atoms with Crippen LogP contribution in [0.2, 0.25) is 0 Å². The second-order valence-corrected chi connectivity index (χ2v) is 6.66. The molecule has 28 heavy (non-hydrogen) atoms. The number of imide groups is 1. The lowest BCUT2D eigenvalue weighted by Crippen LogP contribution is -2.42. The number of esters is 1. The molecular weight excluding hydrogens is 368 g/mol. The van der Waals surface area contributed by atoms with Crippen molar-refractivity contribution >= 4 is 41.1 Å². The summed E-state index contributed by atoms with van der Waals surface area (Å²) in [6.45, 7) is 0.492. The van der Waals surface area contributed by atoms with Gasteiger partial charge in [-0.3, -0.25) is 24.1 Å². The van der Waals surface area contributed by atoms with Crippen molar-refractivity contribution in [1.29, 1.82) is 0 Å². The Morgan fingerprint density at radius 1 is 1.21 bits per heavy atom. The maximum Gasteiger partial charge on any atom is 0.327 e. The molecule has 2 aliphatic heterocycles. The third-order valence-electron chi connectivity index (χ3n) is 4.50. The van der Waals surface area contributed by atoms with E-state index in [-0.39, 0.29) is 18.9 Å². The molecule has 10 nitrogen and oxygen atoms in total. The van der Waals surface area contributed by atoms with Gasteiger partial charge in [-0.2, -0.15) is 0 Å². The van der Waals surface area contributed by atoms with Gasteiger partial charge in [0.15, 0.2) is 6.61 Å². The van der Waals surface area contributed by atoms with E-state index in [0.717, 1.165) is 4.90 Å². The lowest BCUT2D eigenvalue weighted by molar-refractivity contribution is -0.150. The van der Waals surface area contributed by atoms with Gasteiger partial charge in [-0.1, -0.05) is 12.1 Å². The molecule has 0 bridgehead atoms. The summed E-state index contributed by atoms with van der Waals surface area (Å²) in [4.78, 5) is 63.5. The molecule has 0 saturated carbocycles. The molecule has 0 unspecified atom stereocenters. The fraction of sp³-hybridized carbons (Fsp3) is 0.389. The van der Waals surface area contributed by atoms with Crippen molar-refractivity contribution in [3.05, 3.63) is 24.3 Å². The number of rotatable bonds is 4. The van der Waals surface area contributed by atoms with Gasteiger partial charge in [0, 0.05) is 19.5 Å². The third-order valence-corrected chi connectivity index (χ3v) is 4.50. The van der Waals surface area contributed by atoms with E-state index < -0.39 is 43.0 Å². The molecule has 3 rings (SSSR count). The number of carbonyl (C=O) groups excluding carboxylic acids is 5. The Balaban J connectivity index is 1.66. The van der Waals surface area contributed by atoms with Gasteiger partial charge in [0.1, 0.15) is 13.1 Å². The second kappa shape index (κ2) is 7.67. The summed E-state index contributed by atoms with van der Waals surface area (Å²) in [7, 11) is 1.45. The smallest absolute Gasteiger partial charge is 0.327 e. The van der Waals surface area contributed by atoms with Crippen LogP contribution in [0.4, 0.5) is 16.2 Å². The zero-order valence-corrected chi connectivity index (χ0v) is 15.5. The zero-order chi connectivity index (χ0) is 20.4. The number of fused-ring (bicyclic) bond motifs is 1. The van der Waals surface area contributed by atoms with Crippen LogP contribution in [-0.4, -0.2) is 72.3 Å². The number of para-hydroxylation sites is 2. The molecule has 0 aliphatic carbocycles. The molecule has 1 atom stereocenters. The van der Waals surface area contributed by atoms with Gasteiger partial charge in [-0.15, -0.1) is 0 Å². The number of nitrogens with zero attached hydrogens (tertiary/aromatic N) is 3. The highest BCUT2D eigenvalue weighted by Gasteiger charge is 2.36. The van der Waals surface area contributed by atoms with Gasteiger partial charge in [0.05, 0.1) is 11.4 Å². The maximum absolute atomic E-state index is 12.7. The topological polar surface area (TPSA) is 116 Å². The Morgan fingerprint density at radius 3 is 2.61 bits per heavy atom. The molecule has 148 valence electrons. The highest BCUT2D eigenvalue weighted by Crippen LogP contribution is 2.31. The van der Waals surface area contributed by atoms with E-state index in [1.54, 1.807) is 31.2 Å². The van der Waals surface area contributed by atoms with Crippen molar-refractivity contribution < 1.29 is 28.7 Å². The van der Waals surface area contributed by atoms with E-state index in [2.05, 4.69) is 5.32 Å². The van der Waals surface area contributed by atoms with Crippen molar-refractivity contribution in [2.24, 2.45) is 0 Å². The molecule has 5 amide bonds. The molecule has 1 fully saturated rings. The van der Waals surface area contributed by atoms with Crippen molar-refractivity contribution in [2.75, 3.05) is 37.0 Å². The Hall–Kier alpha value is -3.43. The number of hydrogen-bond donors (Lipinski definition) is 1. The van der Waals surface area contributed by atoms with Crippen LogP contribution in [0.3, 0.4) is 0 Å². The molecule has 2 heterocycles. The first kappa shape index (κ1) is 19.3. The summed E-state index contributed by atoms with van der Waals surface area (Å²) >= 11 is 0. The molecule has 10 heteroatoms. The van der Waals surface area contributed by atoms with Gasteiger partial charge in [-0.05, 0) is 19.1 Å². The number of likely N-dealkylation sites (N-methyl/N-ethyl adjacent to an activating group) is 1. The number of hydrogen-bond acceptors (Lipinski definition) is 6. The van der Waals surface area contributed by atoms with Crippen LogP contribution < -0.4 is 10.2 Å². The Bertz CT molecular complexity index is 854. The maximum atomic E-state index is 12.7. The minimum atomic E-state index is -0.865. The van der Waals surface area contributed by atoms with E-state index >= 15 is 0 Å². The number of urea groups is 1. The Morgan fingerprint density at radius 2 is 1.93 bits per heavy atom. The zero-order valence-electron chi connectivity index (χ0n) is 15.5. The number of ether oxygens (including phenoxy) is 1. The average molecular weight is 388 g/mol. The molecule has 0 aromatic heterocycles. The van der Waals surface area contributed by atoms with Gasteiger partial charge >= 0.3 is 12.0 Å². The third kappa shape index (κ3) is 3.80. The van der Waals surface area contributed by atoms with E-state index in [4.69, 9.17) is 4.74 Å². The highest BCUT2D eigenvalue weighted by molar-refractivity contribution is 6.06. The van der Waals surface area contributed by atoms with Crippen LogP contribution in [0.15, 0.2) is 24.3 Å². The van der Waals surface area contributed by atoms with Crippen LogP contribution in [0, 0.1) is 0 Å². The molecule has 1 aromatic rings. The molecule has 1 aromatic carbocycles. The van der Waals surface area contributed by atoms with Gasteiger partial charge < -0.3 is 19.9 Å². The SMILES string of the molecule is C[C@H]1CC(=O)Nc2ccccc2N1C(=O)COC(=O)CN1C(=O)CN(C)C1=O. The molecule has 1 N–H and O–H groups in total. The van der Waals surface area contributed by atoms with Gasteiger partial charge in [-0.25, -0.2) is 4.79 Å². The van der Waals surface area contributed by atoms with Crippen LogP contribution in [0.1, 0.15) is 13.3 Å². The van der Waals surface area contributed by atoms with Crippen molar-refractivity contribution in [3.8, 4) is 0 Å². The lowest BCUT2D eigenvalue weighted by Gasteiger charge is -2.27. The summed E-state index contributed by atoms with van der Waals surface area (Å²) in [6, 6.07) is 5.81. The molecule has 2 aliphatic rings. The van der Waals surface area contributed by atoms with E-state index in [0.29, 0.717) is 11.4 Å². The molecule has 1 saturated heterocycles. The highest BCUT2D eigenvalue weighted by atomic mass is 16.5. The number of anilines is 2. The van der Waals surface area contributed by atoms with E-state index in [9.17, 15) is 24.0 Å². The van der Waals surface area contributed by atoms with E-state index in [1.165, 1.54) is 16.8 Å². The average Bonchev–Trinajstić information content (AvgIpc) is 2.80. The van der Waals surface area contributed by atoms with Crippen LogP contribution in [0.25, 0.3) is 0 Å². The first-order valence-corrected chi connectivity index (χ1v) is 8.70. The summed E-state index contributed by atoms with van der Waals surface area (Å²) in [5.74, 6) is -2.10. The normalized spacial score (nSPS) is 19.3.